The molecule has 1 heterocycles. The van der Waals surface area contributed by atoms with E-state index in [0.717, 1.165) is 5.56 Å². The number of aromatic nitrogens is 1. The monoisotopic (exact) mass is 306 g/mol. The van der Waals surface area contributed by atoms with Crippen LogP contribution in [0.3, 0.4) is 0 Å². The Balaban J connectivity index is 1.96. The molecule has 0 saturated heterocycles. The zero-order chi connectivity index (χ0) is 14.4. The van der Waals surface area contributed by atoms with E-state index in [4.69, 9.17) is 23.2 Å². The number of nitrogens with zero attached hydrogens (tertiary/aromatic N) is 1. The van der Waals surface area contributed by atoms with Crippen LogP contribution in [0.15, 0.2) is 48.8 Å². The fraction of sp³-hybridized carbons (Fsp3) is 0.0667. The van der Waals surface area contributed by atoms with Crippen LogP contribution in [0, 0.1) is 0 Å². The summed E-state index contributed by atoms with van der Waals surface area (Å²) in [5.74, 6) is -0.210. The minimum absolute atomic E-state index is 0.210. The molecule has 0 bridgehead atoms. The smallest absolute Gasteiger partial charge is 0.244 e. The van der Waals surface area contributed by atoms with Gasteiger partial charge in [0, 0.05) is 40.6 Å². The molecule has 1 amide bonds. The first kappa shape index (κ1) is 14.6. The Hall–Kier alpha value is -1.84. The lowest BCUT2D eigenvalue weighted by Crippen LogP contribution is -2.20. The van der Waals surface area contributed by atoms with Gasteiger partial charge in [-0.05, 0) is 35.9 Å². The minimum atomic E-state index is -0.210. The first-order chi connectivity index (χ1) is 9.66. The van der Waals surface area contributed by atoms with Crippen molar-refractivity contribution in [1.82, 2.24) is 10.3 Å². The van der Waals surface area contributed by atoms with Gasteiger partial charge in [0.25, 0.3) is 0 Å². The Kier molecular flexibility index (Phi) is 5.16. The van der Waals surface area contributed by atoms with Crippen LogP contribution in [-0.2, 0) is 11.3 Å². The van der Waals surface area contributed by atoms with Gasteiger partial charge in [-0.1, -0.05) is 29.3 Å². The summed E-state index contributed by atoms with van der Waals surface area (Å²) < 4.78 is 0. The van der Waals surface area contributed by atoms with E-state index >= 15 is 0 Å². The first-order valence-corrected chi connectivity index (χ1v) is 6.71. The van der Waals surface area contributed by atoms with Crippen molar-refractivity contribution in [2.75, 3.05) is 0 Å². The number of amides is 1. The molecule has 0 aliphatic rings. The number of carbonyl (C=O) groups is 1. The highest BCUT2D eigenvalue weighted by Crippen LogP contribution is 2.25. The Morgan fingerprint density at radius 3 is 2.45 bits per heavy atom. The highest BCUT2D eigenvalue weighted by Gasteiger charge is 2.02. The van der Waals surface area contributed by atoms with Crippen molar-refractivity contribution in [3.63, 3.8) is 0 Å². The molecule has 5 heteroatoms. The third-order valence-corrected chi connectivity index (χ3v) is 3.28. The van der Waals surface area contributed by atoms with E-state index in [0.29, 0.717) is 22.2 Å². The van der Waals surface area contributed by atoms with E-state index in [9.17, 15) is 4.79 Å². The average Bonchev–Trinajstić information content (AvgIpc) is 2.46. The lowest BCUT2D eigenvalue weighted by atomic mass is 10.2. The molecule has 1 aromatic carbocycles. The maximum atomic E-state index is 11.7. The average molecular weight is 307 g/mol. The van der Waals surface area contributed by atoms with Crippen molar-refractivity contribution in [3.8, 4) is 0 Å². The normalized spacial score (nSPS) is 10.7. The van der Waals surface area contributed by atoms with E-state index in [-0.39, 0.29) is 5.91 Å². The van der Waals surface area contributed by atoms with Crippen LogP contribution in [0.5, 0.6) is 0 Å². The summed E-state index contributed by atoms with van der Waals surface area (Å²) in [6.07, 6.45) is 6.38. The third-order valence-electron chi connectivity index (χ3n) is 2.62. The molecule has 0 unspecified atom stereocenters. The van der Waals surface area contributed by atoms with E-state index in [1.54, 1.807) is 36.7 Å². The molecule has 0 saturated carbocycles. The highest BCUT2D eigenvalue weighted by atomic mass is 35.5. The van der Waals surface area contributed by atoms with Crippen LogP contribution < -0.4 is 5.32 Å². The van der Waals surface area contributed by atoms with Crippen LogP contribution in [0.1, 0.15) is 11.1 Å². The van der Waals surface area contributed by atoms with E-state index < -0.39 is 0 Å². The standard InChI is InChI=1S/C15H12Cl2N2O/c16-13-2-1-3-14(17)12(13)4-5-15(20)19-10-11-6-8-18-9-7-11/h1-9H,10H2,(H,19,20)/b5-4+. The molecule has 0 spiro atoms. The van der Waals surface area contributed by atoms with Crippen LogP contribution in [0.25, 0.3) is 6.08 Å². The molecule has 2 aromatic rings. The van der Waals surface area contributed by atoms with Gasteiger partial charge in [0.05, 0.1) is 0 Å². The van der Waals surface area contributed by atoms with Crippen molar-refractivity contribution in [3.05, 3.63) is 70.0 Å². The zero-order valence-electron chi connectivity index (χ0n) is 10.5. The fourth-order valence-electron chi connectivity index (χ4n) is 1.58. The van der Waals surface area contributed by atoms with Gasteiger partial charge >= 0.3 is 0 Å². The summed E-state index contributed by atoms with van der Waals surface area (Å²) in [6.45, 7) is 0.446. The van der Waals surface area contributed by atoms with Gasteiger partial charge in [-0.2, -0.15) is 0 Å². The summed E-state index contributed by atoms with van der Waals surface area (Å²) in [5.41, 5.74) is 1.62. The largest absolute Gasteiger partial charge is 0.348 e. The number of nitrogens with one attached hydrogen (secondary N) is 1. The molecule has 102 valence electrons. The molecular weight excluding hydrogens is 295 g/mol. The minimum Gasteiger partial charge on any atom is -0.348 e. The van der Waals surface area contributed by atoms with E-state index in [2.05, 4.69) is 10.3 Å². The van der Waals surface area contributed by atoms with Crippen molar-refractivity contribution in [2.45, 2.75) is 6.54 Å². The van der Waals surface area contributed by atoms with Gasteiger partial charge in [-0.3, -0.25) is 9.78 Å². The molecule has 0 aliphatic carbocycles. The molecule has 3 nitrogen and oxygen atoms in total. The lowest BCUT2D eigenvalue weighted by Gasteiger charge is -2.03. The Labute approximate surface area is 127 Å². The Morgan fingerprint density at radius 2 is 1.80 bits per heavy atom. The molecular formula is C15H12Cl2N2O. The predicted octanol–water partition coefficient (Wildman–Crippen LogP) is 3.72. The SMILES string of the molecule is O=C(/C=C/c1c(Cl)cccc1Cl)NCc1ccncc1. The Morgan fingerprint density at radius 1 is 1.15 bits per heavy atom. The topological polar surface area (TPSA) is 42.0 Å². The van der Waals surface area contributed by atoms with Crippen LogP contribution in [0.2, 0.25) is 10.0 Å². The number of hydrogen-bond acceptors (Lipinski definition) is 2. The van der Waals surface area contributed by atoms with Crippen molar-refractivity contribution in [2.24, 2.45) is 0 Å². The maximum absolute atomic E-state index is 11.7. The second kappa shape index (κ2) is 7.08. The van der Waals surface area contributed by atoms with Crippen LogP contribution in [0.4, 0.5) is 0 Å². The van der Waals surface area contributed by atoms with E-state index in [1.807, 2.05) is 12.1 Å². The number of pyridine rings is 1. The van der Waals surface area contributed by atoms with Crippen LogP contribution >= 0.6 is 23.2 Å². The second-order valence-electron chi connectivity index (χ2n) is 4.04. The first-order valence-electron chi connectivity index (χ1n) is 5.95. The van der Waals surface area contributed by atoms with Crippen molar-refractivity contribution < 1.29 is 4.79 Å². The molecule has 20 heavy (non-hydrogen) atoms. The molecule has 1 N–H and O–H groups in total. The summed E-state index contributed by atoms with van der Waals surface area (Å²) in [7, 11) is 0. The number of carbonyl (C=O) groups excluding carboxylic acids is 1. The van der Waals surface area contributed by atoms with Gasteiger partial charge in [0.2, 0.25) is 5.91 Å². The molecule has 1 aromatic heterocycles. The number of benzene rings is 1. The Bertz CT molecular complexity index is 607. The molecule has 0 atom stereocenters. The lowest BCUT2D eigenvalue weighted by molar-refractivity contribution is -0.116. The van der Waals surface area contributed by atoms with E-state index in [1.165, 1.54) is 6.08 Å². The molecule has 0 fully saturated rings. The van der Waals surface area contributed by atoms with Crippen molar-refractivity contribution in [1.29, 1.82) is 0 Å². The fourth-order valence-corrected chi connectivity index (χ4v) is 2.10. The molecule has 0 radical (unpaired) electrons. The maximum Gasteiger partial charge on any atom is 0.244 e. The van der Waals surface area contributed by atoms with Gasteiger partial charge in [-0.15, -0.1) is 0 Å². The summed E-state index contributed by atoms with van der Waals surface area (Å²) in [5, 5.41) is 3.79. The summed E-state index contributed by atoms with van der Waals surface area (Å²) >= 11 is 12.0. The number of halogens is 2. The van der Waals surface area contributed by atoms with Gasteiger partial charge in [0.15, 0.2) is 0 Å². The van der Waals surface area contributed by atoms with Gasteiger partial charge < -0.3 is 5.32 Å². The zero-order valence-corrected chi connectivity index (χ0v) is 12.0. The highest BCUT2D eigenvalue weighted by molar-refractivity contribution is 6.37. The van der Waals surface area contributed by atoms with Crippen LogP contribution in [-0.4, -0.2) is 10.9 Å². The van der Waals surface area contributed by atoms with Gasteiger partial charge in [-0.25, -0.2) is 0 Å². The quantitative estimate of drug-likeness (QED) is 0.875. The number of hydrogen-bond donors (Lipinski definition) is 1. The summed E-state index contributed by atoms with van der Waals surface area (Å²) in [4.78, 5) is 15.6. The molecule has 0 aliphatic heterocycles. The third kappa shape index (κ3) is 4.08. The van der Waals surface area contributed by atoms with Gasteiger partial charge in [0.1, 0.15) is 0 Å². The van der Waals surface area contributed by atoms with Crippen molar-refractivity contribution >= 4 is 35.2 Å². The number of rotatable bonds is 4. The molecule has 2 rings (SSSR count). The predicted molar refractivity (Wildman–Crippen MR) is 81.6 cm³/mol. The second-order valence-corrected chi connectivity index (χ2v) is 4.86. The summed E-state index contributed by atoms with van der Waals surface area (Å²) in [6, 6.07) is 8.89.